The largest absolute Gasteiger partial charge is 0.465 e. The van der Waals surface area contributed by atoms with Gasteiger partial charge in [-0.1, -0.05) is 0 Å². The molecular weight excluding hydrogens is 296 g/mol. The molecule has 0 radical (unpaired) electrons. The van der Waals surface area contributed by atoms with Gasteiger partial charge in [-0.3, -0.25) is 0 Å². The second kappa shape index (κ2) is 7.39. The van der Waals surface area contributed by atoms with Crippen LogP contribution in [0.2, 0.25) is 0 Å². The van der Waals surface area contributed by atoms with Gasteiger partial charge in [0.15, 0.2) is 0 Å². The summed E-state index contributed by atoms with van der Waals surface area (Å²) in [7, 11) is -1.25. The molecule has 0 fully saturated rings. The molecule has 21 heavy (non-hydrogen) atoms. The van der Waals surface area contributed by atoms with E-state index in [2.05, 4.69) is 4.74 Å². The van der Waals surface area contributed by atoms with Gasteiger partial charge in [-0.2, -0.15) is 4.31 Å². The van der Waals surface area contributed by atoms with E-state index in [-0.39, 0.29) is 29.3 Å². The number of methoxy groups -OCH3 is 1. The van der Waals surface area contributed by atoms with Gasteiger partial charge < -0.3 is 15.2 Å². The summed E-state index contributed by atoms with van der Waals surface area (Å²) in [6, 6.07) is 4.04. The maximum absolute atomic E-state index is 12.5. The van der Waals surface area contributed by atoms with Crippen LogP contribution in [-0.2, 0) is 19.5 Å². The van der Waals surface area contributed by atoms with Crippen molar-refractivity contribution in [2.75, 3.05) is 39.6 Å². The molecule has 0 aliphatic rings. The molecule has 0 amide bonds. The van der Waals surface area contributed by atoms with Crippen molar-refractivity contribution in [3.05, 3.63) is 23.8 Å². The van der Waals surface area contributed by atoms with Gasteiger partial charge >= 0.3 is 5.97 Å². The highest BCUT2D eigenvalue weighted by atomic mass is 32.2. The standard InChI is InChI=1S/C13H20N2O5S/c1-4-20-8-7-15(2)21(17,18)12-9-10(14)5-6-11(12)13(16)19-3/h5-6,9H,4,7-8,14H2,1-3H3. The number of carbonyl (C=O) groups is 1. The quantitative estimate of drug-likeness (QED) is 0.452. The molecule has 0 atom stereocenters. The Kier molecular flexibility index (Phi) is 6.13. The average Bonchev–Trinajstić information content (AvgIpc) is 2.46. The maximum Gasteiger partial charge on any atom is 0.339 e. The summed E-state index contributed by atoms with van der Waals surface area (Å²) in [4.78, 5) is 11.5. The summed E-state index contributed by atoms with van der Waals surface area (Å²) in [6.45, 7) is 2.76. The molecule has 0 aliphatic heterocycles. The zero-order valence-corrected chi connectivity index (χ0v) is 13.1. The minimum absolute atomic E-state index is 0.0463. The van der Waals surface area contributed by atoms with Crippen molar-refractivity contribution >= 4 is 21.7 Å². The minimum Gasteiger partial charge on any atom is -0.465 e. The van der Waals surface area contributed by atoms with Crippen molar-refractivity contribution in [3.8, 4) is 0 Å². The fourth-order valence-corrected chi connectivity index (χ4v) is 3.02. The van der Waals surface area contributed by atoms with Crippen LogP contribution < -0.4 is 5.73 Å². The number of benzene rings is 1. The van der Waals surface area contributed by atoms with Gasteiger partial charge in [-0.25, -0.2) is 13.2 Å². The number of ether oxygens (including phenoxy) is 2. The van der Waals surface area contributed by atoms with Crippen LogP contribution >= 0.6 is 0 Å². The van der Waals surface area contributed by atoms with E-state index in [9.17, 15) is 13.2 Å². The molecule has 118 valence electrons. The Bertz CT molecular complexity index is 601. The monoisotopic (exact) mass is 316 g/mol. The highest BCUT2D eigenvalue weighted by molar-refractivity contribution is 7.89. The molecule has 0 saturated heterocycles. The molecule has 0 spiro atoms. The third kappa shape index (κ3) is 4.16. The normalized spacial score (nSPS) is 11.6. The van der Waals surface area contributed by atoms with E-state index in [1.807, 2.05) is 6.92 Å². The van der Waals surface area contributed by atoms with Gasteiger partial charge in [0.1, 0.15) is 0 Å². The number of nitrogens with two attached hydrogens (primary N) is 1. The Morgan fingerprint density at radius 1 is 1.38 bits per heavy atom. The van der Waals surface area contributed by atoms with Crippen molar-refractivity contribution < 1.29 is 22.7 Å². The minimum atomic E-state index is -3.86. The summed E-state index contributed by atoms with van der Waals surface area (Å²) < 4.78 is 35.9. The molecule has 0 aromatic heterocycles. The lowest BCUT2D eigenvalue weighted by atomic mass is 10.2. The summed E-state index contributed by atoms with van der Waals surface area (Å²) in [5.74, 6) is -0.730. The number of esters is 1. The summed E-state index contributed by atoms with van der Waals surface area (Å²) in [5, 5.41) is 0. The number of anilines is 1. The first kappa shape index (κ1) is 17.4. The van der Waals surface area contributed by atoms with Crippen LogP contribution in [0.25, 0.3) is 0 Å². The van der Waals surface area contributed by atoms with E-state index < -0.39 is 16.0 Å². The van der Waals surface area contributed by atoms with Gasteiger partial charge in [0.05, 0.1) is 24.2 Å². The van der Waals surface area contributed by atoms with Crippen molar-refractivity contribution in [2.24, 2.45) is 0 Å². The van der Waals surface area contributed by atoms with Gasteiger partial charge in [0.25, 0.3) is 0 Å². The van der Waals surface area contributed by atoms with Crippen LogP contribution in [0.3, 0.4) is 0 Å². The third-order valence-corrected chi connectivity index (χ3v) is 4.75. The fourth-order valence-electron chi connectivity index (χ4n) is 1.66. The van der Waals surface area contributed by atoms with Crippen molar-refractivity contribution in [1.82, 2.24) is 4.31 Å². The van der Waals surface area contributed by atoms with E-state index >= 15 is 0 Å². The number of hydrogen-bond donors (Lipinski definition) is 1. The van der Waals surface area contributed by atoms with E-state index in [1.54, 1.807) is 0 Å². The van der Waals surface area contributed by atoms with Crippen LogP contribution in [0.4, 0.5) is 5.69 Å². The Labute approximate surface area is 124 Å². The number of hydrogen-bond acceptors (Lipinski definition) is 6. The molecule has 0 bridgehead atoms. The highest BCUT2D eigenvalue weighted by Crippen LogP contribution is 2.23. The molecular formula is C13H20N2O5S. The second-order valence-corrected chi connectivity index (χ2v) is 6.28. The van der Waals surface area contributed by atoms with E-state index in [0.29, 0.717) is 6.61 Å². The predicted octanol–water partition coefficient (Wildman–Crippen LogP) is 0.712. The topological polar surface area (TPSA) is 98.9 Å². The Balaban J connectivity index is 3.17. The molecule has 1 aromatic carbocycles. The predicted molar refractivity (Wildman–Crippen MR) is 78.5 cm³/mol. The molecule has 2 N–H and O–H groups in total. The summed E-state index contributed by atoms with van der Waals surface area (Å²) >= 11 is 0. The first-order valence-corrected chi connectivity index (χ1v) is 7.80. The first-order chi connectivity index (χ1) is 9.84. The average molecular weight is 316 g/mol. The van der Waals surface area contributed by atoms with E-state index in [4.69, 9.17) is 10.5 Å². The molecule has 0 aliphatic carbocycles. The SMILES string of the molecule is CCOCCN(C)S(=O)(=O)c1cc(N)ccc1C(=O)OC. The molecule has 7 nitrogen and oxygen atoms in total. The summed E-state index contributed by atoms with van der Waals surface area (Å²) in [5.41, 5.74) is 5.83. The lowest BCUT2D eigenvalue weighted by Crippen LogP contribution is -2.31. The lowest BCUT2D eigenvalue weighted by molar-refractivity contribution is 0.0596. The van der Waals surface area contributed by atoms with Crippen molar-refractivity contribution in [1.29, 1.82) is 0 Å². The number of sulfonamides is 1. The zero-order chi connectivity index (χ0) is 16.0. The van der Waals surface area contributed by atoms with E-state index in [1.165, 1.54) is 32.4 Å². The van der Waals surface area contributed by atoms with Gasteiger partial charge in [-0.05, 0) is 25.1 Å². The number of nitrogen functional groups attached to an aromatic ring is 1. The van der Waals surface area contributed by atoms with Crippen LogP contribution in [0, 0.1) is 0 Å². The molecule has 0 saturated carbocycles. The zero-order valence-electron chi connectivity index (χ0n) is 12.3. The van der Waals surface area contributed by atoms with Crippen molar-refractivity contribution in [3.63, 3.8) is 0 Å². The lowest BCUT2D eigenvalue weighted by Gasteiger charge is -2.19. The highest BCUT2D eigenvalue weighted by Gasteiger charge is 2.27. The third-order valence-electron chi connectivity index (χ3n) is 2.85. The number of rotatable bonds is 7. The molecule has 0 heterocycles. The molecule has 8 heteroatoms. The smallest absolute Gasteiger partial charge is 0.339 e. The van der Waals surface area contributed by atoms with Crippen LogP contribution in [0.15, 0.2) is 23.1 Å². The number of likely N-dealkylation sites (N-methyl/N-ethyl adjacent to an activating group) is 1. The second-order valence-electron chi connectivity index (χ2n) is 4.27. The Morgan fingerprint density at radius 3 is 2.62 bits per heavy atom. The Hall–Kier alpha value is -1.64. The van der Waals surface area contributed by atoms with Crippen molar-refractivity contribution in [2.45, 2.75) is 11.8 Å². The molecule has 1 aromatic rings. The molecule has 0 unspecified atom stereocenters. The maximum atomic E-state index is 12.5. The fraction of sp³-hybridized carbons (Fsp3) is 0.462. The number of carbonyl (C=O) groups excluding carboxylic acids is 1. The van der Waals surface area contributed by atoms with Crippen LogP contribution in [-0.4, -0.2) is 52.6 Å². The number of nitrogens with zero attached hydrogens (tertiary/aromatic N) is 1. The van der Waals surface area contributed by atoms with Crippen LogP contribution in [0.1, 0.15) is 17.3 Å². The first-order valence-electron chi connectivity index (χ1n) is 6.36. The summed E-state index contributed by atoms with van der Waals surface area (Å²) in [6.07, 6.45) is 0. The van der Waals surface area contributed by atoms with Gasteiger partial charge in [-0.15, -0.1) is 0 Å². The van der Waals surface area contributed by atoms with Crippen LogP contribution in [0.5, 0.6) is 0 Å². The van der Waals surface area contributed by atoms with E-state index in [0.717, 1.165) is 4.31 Å². The Morgan fingerprint density at radius 2 is 2.05 bits per heavy atom. The van der Waals surface area contributed by atoms with Gasteiger partial charge in [0, 0.05) is 25.9 Å². The molecule has 1 rings (SSSR count). The van der Waals surface area contributed by atoms with Gasteiger partial charge in [0.2, 0.25) is 10.0 Å².